The van der Waals surface area contributed by atoms with E-state index in [0.29, 0.717) is 31.9 Å². The first-order valence-corrected chi connectivity index (χ1v) is 11.2. The lowest BCUT2D eigenvalue weighted by molar-refractivity contribution is -0.122. The fraction of sp³-hybridized carbons (Fsp3) is 0.0800. The maximum atomic E-state index is 14.0. The molecular weight excluding hydrogens is 527 g/mol. The quantitative estimate of drug-likeness (QED) is 0.326. The van der Waals surface area contributed by atoms with Gasteiger partial charge in [-0.05, 0) is 55.0 Å². The Balaban J connectivity index is 1.71. The van der Waals surface area contributed by atoms with Crippen LogP contribution in [0, 0.1) is 12.7 Å². The zero-order chi connectivity index (χ0) is 24.4. The van der Waals surface area contributed by atoms with Gasteiger partial charge in [0.15, 0.2) is 0 Å². The average Bonchev–Trinajstić information content (AvgIpc) is 2.79. The van der Waals surface area contributed by atoms with Crippen molar-refractivity contribution in [2.75, 3.05) is 4.90 Å². The highest BCUT2D eigenvalue weighted by atomic mass is 79.9. The number of hydrogen-bond donors (Lipinski definition) is 1. The number of rotatable bonds is 5. The summed E-state index contributed by atoms with van der Waals surface area (Å²) in [5.74, 6) is -1.74. The monoisotopic (exact) mass is 542 g/mol. The molecule has 0 aliphatic carbocycles. The van der Waals surface area contributed by atoms with Crippen LogP contribution in [0.5, 0.6) is 5.75 Å². The zero-order valence-electron chi connectivity index (χ0n) is 17.8. The molecular formula is C25H17BrClFN2O4. The minimum atomic E-state index is -0.872. The third-order valence-electron chi connectivity index (χ3n) is 5.13. The van der Waals surface area contributed by atoms with Crippen molar-refractivity contribution < 1.29 is 23.5 Å². The number of amides is 4. The van der Waals surface area contributed by atoms with Gasteiger partial charge in [0.25, 0.3) is 11.8 Å². The number of carbonyl (C=O) groups is 3. The fourth-order valence-electron chi connectivity index (χ4n) is 3.39. The van der Waals surface area contributed by atoms with Crippen molar-refractivity contribution in [2.45, 2.75) is 13.5 Å². The normalized spacial score (nSPS) is 15.0. The van der Waals surface area contributed by atoms with Gasteiger partial charge < -0.3 is 4.74 Å². The third kappa shape index (κ3) is 4.88. The number of nitrogens with one attached hydrogen (secondary N) is 1. The molecule has 1 aliphatic rings. The van der Waals surface area contributed by atoms with Crippen LogP contribution in [0.3, 0.4) is 0 Å². The molecule has 0 radical (unpaired) electrons. The Bertz CT molecular complexity index is 1360. The Morgan fingerprint density at radius 1 is 1.09 bits per heavy atom. The highest BCUT2D eigenvalue weighted by Crippen LogP contribution is 2.31. The summed E-state index contributed by atoms with van der Waals surface area (Å²) in [6, 6.07) is 15.1. The molecule has 1 heterocycles. The molecule has 0 aromatic heterocycles. The number of barbiturate groups is 1. The number of nitrogens with zero attached hydrogens (tertiary/aromatic N) is 1. The van der Waals surface area contributed by atoms with Gasteiger partial charge in [0.1, 0.15) is 23.7 Å². The lowest BCUT2D eigenvalue weighted by Gasteiger charge is -2.27. The number of hydrogen-bond acceptors (Lipinski definition) is 4. The number of aryl methyl sites for hydroxylation is 1. The van der Waals surface area contributed by atoms with Crippen molar-refractivity contribution in [2.24, 2.45) is 0 Å². The summed E-state index contributed by atoms with van der Waals surface area (Å²) < 4.78 is 20.4. The van der Waals surface area contributed by atoms with Gasteiger partial charge in [-0.25, -0.2) is 14.1 Å². The number of halogens is 3. The largest absolute Gasteiger partial charge is 0.488 e. The molecule has 4 rings (SSSR count). The molecule has 1 N–H and O–H groups in total. The van der Waals surface area contributed by atoms with Crippen LogP contribution < -0.4 is 15.0 Å². The van der Waals surface area contributed by atoms with Crippen molar-refractivity contribution in [3.05, 3.63) is 98.2 Å². The van der Waals surface area contributed by atoms with E-state index in [-0.39, 0.29) is 17.9 Å². The van der Waals surface area contributed by atoms with Gasteiger partial charge >= 0.3 is 6.03 Å². The van der Waals surface area contributed by atoms with Gasteiger partial charge in [-0.1, -0.05) is 51.8 Å². The molecule has 9 heteroatoms. The molecule has 4 amide bonds. The van der Waals surface area contributed by atoms with E-state index < -0.39 is 23.7 Å². The van der Waals surface area contributed by atoms with Gasteiger partial charge in [-0.3, -0.25) is 14.9 Å². The van der Waals surface area contributed by atoms with E-state index in [1.165, 1.54) is 18.2 Å². The van der Waals surface area contributed by atoms with Crippen LogP contribution in [0.25, 0.3) is 6.08 Å². The van der Waals surface area contributed by atoms with Gasteiger partial charge in [-0.15, -0.1) is 0 Å². The first-order valence-electron chi connectivity index (χ1n) is 10.1. The fourth-order valence-corrected chi connectivity index (χ4v) is 3.93. The number of urea groups is 1. The summed E-state index contributed by atoms with van der Waals surface area (Å²) in [4.78, 5) is 39.3. The second kappa shape index (κ2) is 9.79. The van der Waals surface area contributed by atoms with Crippen molar-refractivity contribution in [1.29, 1.82) is 0 Å². The van der Waals surface area contributed by atoms with E-state index in [0.717, 1.165) is 4.90 Å². The number of anilines is 1. The first-order chi connectivity index (χ1) is 16.2. The number of benzene rings is 3. The van der Waals surface area contributed by atoms with Crippen LogP contribution in [0.1, 0.15) is 16.7 Å². The first kappa shape index (κ1) is 23.7. The highest BCUT2D eigenvalue weighted by molar-refractivity contribution is 9.10. The van der Waals surface area contributed by atoms with Gasteiger partial charge in [-0.2, -0.15) is 0 Å². The Morgan fingerprint density at radius 3 is 2.62 bits per heavy atom. The number of ether oxygens (including phenoxy) is 1. The molecule has 6 nitrogen and oxygen atoms in total. The minimum Gasteiger partial charge on any atom is -0.488 e. The molecule has 34 heavy (non-hydrogen) atoms. The van der Waals surface area contributed by atoms with Crippen molar-refractivity contribution in [3.63, 3.8) is 0 Å². The lowest BCUT2D eigenvalue weighted by Crippen LogP contribution is -2.54. The Hall–Kier alpha value is -3.49. The summed E-state index contributed by atoms with van der Waals surface area (Å²) in [5, 5.41) is 2.52. The molecule has 0 atom stereocenters. The van der Waals surface area contributed by atoms with Crippen molar-refractivity contribution in [3.8, 4) is 5.75 Å². The molecule has 0 saturated carbocycles. The summed E-state index contributed by atoms with van der Waals surface area (Å²) >= 11 is 9.43. The second-order valence-electron chi connectivity index (χ2n) is 7.45. The van der Waals surface area contributed by atoms with Crippen molar-refractivity contribution >= 4 is 57.1 Å². The number of carbonyl (C=O) groups excluding carboxylic acids is 3. The molecule has 3 aromatic rings. The van der Waals surface area contributed by atoms with Crippen LogP contribution in [-0.2, 0) is 16.2 Å². The standard InChI is InChI=1S/C25H17BrClFN2O4/c1-14-6-8-18(27)12-21(14)30-24(32)19(23(31)29-25(30)33)11-16-10-17(26)7-9-22(16)34-13-15-4-2-3-5-20(15)28/h2-12H,13H2,1H3,(H,29,31,33)/b19-11+. The van der Waals surface area contributed by atoms with E-state index in [9.17, 15) is 18.8 Å². The molecule has 0 unspecified atom stereocenters. The average molecular weight is 544 g/mol. The van der Waals surface area contributed by atoms with Gasteiger partial charge in [0, 0.05) is 20.6 Å². The van der Waals surface area contributed by atoms with Crippen LogP contribution in [0.4, 0.5) is 14.9 Å². The minimum absolute atomic E-state index is 0.0586. The van der Waals surface area contributed by atoms with Gasteiger partial charge in [0.2, 0.25) is 0 Å². The number of imide groups is 2. The van der Waals surface area contributed by atoms with E-state index in [2.05, 4.69) is 21.2 Å². The third-order valence-corrected chi connectivity index (χ3v) is 5.85. The second-order valence-corrected chi connectivity index (χ2v) is 8.80. The van der Waals surface area contributed by atoms with Crippen LogP contribution in [0.2, 0.25) is 5.02 Å². The van der Waals surface area contributed by atoms with E-state index in [4.69, 9.17) is 16.3 Å². The van der Waals surface area contributed by atoms with E-state index in [1.54, 1.807) is 55.5 Å². The molecule has 3 aromatic carbocycles. The smallest absolute Gasteiger partial charge is 0.335 e. The highest BCUT2D eigenvalue weighted by Gasteiger charge is 2.37. The molecule has 0 spiro atoms. The summed E-state index contributed by atoms with van der Waals surface area (Å²) in [6.07, 6.45) is 1.33. The summed E-state index contributed by atoms with van der Waals surface area (Å²) in [7, 11) is 0. The SMILES string of the molecule is Cc1ccc(Cl)cc1N1C(=O)NC(=O)/C(=C\c2cc(Br)ccc2OCc2ccccc2F)C1=O. The van der Waals surface area contributed by atoms with Crippen LogP contribution in [0.15, 0.2) is 70.7 Å². The maximum Gasteiger partial charge on any atom is 0.335 e. The summed E-state index contributed by atoms with van der Waals surface area (Å²) in [5.41, 5.74) is 1.36. The topological polar surface area (TPSA) is 75.7 Å². The van der Waals surface area contributed by atoms with Crippen molar-refractivity contribution in [1.82, 2.24) is 5.32 Å². The Morgan fingerprint density at radius 2 is 1.85 bits per heavy atom. The predicted octanol–water partition coefficient (Wildman–Crippen LogP) is 5.80. The lowest BCUT2D eigenvalue weighted by atomic mass is 10.0. The van der Waals surface area contributed by atoms with Crippen LogP contribution in [-0.4, -0.2) is 17.8 Å². The van der Waals surface area contributed by atoms with Gasteiger partial charge in [0.05, 0.1) is 5.69 Å². The molecule has 1 aliphatic heterocycles. The van der Waals surface area contributed by atoms with Crippen LogP contribution >= 0.6 is 27.5 Å². The molecule has 1 saturated heterocycles. The Labute approximate surface area is 208 Å². The Kier molecular flexibility index (Phi) is 6.81. The maximum absolute atomic E-state index is 14.0. The van der Waals surface area contributed by atoms with E-state index >= 15 is 0 Å². The summed E-state index contributed by atoms with van der Waals surface area (Å²) in [6.45, 7) is 1.66. The molecule has 1 fully saturated rings. The van der Waals surface area contributed by atoms with E-state index in [1.807, 2.05) is 0 Å². The predicted molar refractivity (Wildman–Crippen MR) is 130 cm³/mol. The molecule has 0 bridgehead atoms. The zero-order valence-corrected chi connectivity index (χ0v) is 20.1. The molecule has 172 valence electrons.